The van der Waals surface area contributed by atoms with E-state index in [9.17, 15) is 9.59 Å². The maximum atomic E-state index is 12.5. The quantitative estimate of drug-likeness (QED) is 0.344. The summed E-state index contributed by atoms with van der Waals surface area (Å²) in [7, 11) is 1.56. The molecule has 0 aliphatic heterocycles. The summed E-state index contributed by atoms with van der Waals surface area (Å²) in [5.41, 5.74) is 4.57. The number of amides is 1. The number of fused-ring (bicyclic) bond motifs is 1. The molecule has 31 heavy (non-hydrogen) atoms. The average molecular weight is 411 g/mol. The molecule has 6 nitrogen and oxygen atoms in total. The van der Waals surface area contributed by atoms with Gasteiger partial charge in [0, 0.05) is 5.56 Å². The minimum Gasteiger partial charge on any atom is -0.495 e. The van der Waals surface area contributed by atoms with Crippen LogP contribution in [0.1, 0.15) is 32.1 Å². The second-order valence-electron chi connectivity index (χ2n) is 7.03. The van der Waals surface area contributed by atoms with Crippen molar-refractivity contribution in [3.8, 4) is 5.75 Å². The van der Waals surface area contributed by atoms with Crippen molar-refractivity contribution < 1.29 is 14.3 Å². The zero-order valence-corrected chi connectivity index (χ0v) is 17.2. The van der Waals surface area contributed by atoms with Crippen LogP contribution in [0, 0.1) is 6.92 Å². The first-order chi connectivity index (χ1) is 15.0. The minimum absolute atomic E-state index is 0.214. The van der Waals surface area contributed by atoms with Crippen molar-refractivity contribution >= 4 is 34.5 Å². The number of H-pyrrole nitrogens is 1. The number of aromatic amines is 1. The van der Waals surface area contributed by atoms with E-state index in [0.29, 0.717) is 22.8 Å². The first-order valence-corrected chi connectivity index (χ1v) is 9.77. The number of methoxy groups -OCH3 is 1. The van der Waals surface area contributed by atoms with Gasteiger partial charge in [-0.1, -0.05) is 42.5 Å². The smallest absolute Gasteiger partial charge is 0.255 e. The van der Waals surface area contributed by atoms with Crippen molar-refractivity contribution in [2.45, 2.75) is 6.92 Å². The number of aryl methyl sites for hydroxylation is 1. The largest absolute Gasteiger partial charge is 0.495 e. The van der Waals surface area contributed by atoms with Crippen molar-refractivity contribution in [2.24, 2.45) is 0 Å². The van der Waals surface area contributed by atoms with Gasteiger partial charge in [0.25, 0.3) is 5.91 Å². The first-order valence-electron chi connectivity index (χ1n) is 9.77. The predicted molar refractivity (Wildman–Crippen MR) is 122 cm³/mol. The van der Waals surface area contributed by atoms with E-state index in [0.717, 1.165) is 22.2 Å². The van der Waals surface area contributed by atoms with E-state index in [4.69, 9.17) is 4.74 Å². The van der Waals surface area contributed by atoms with Crippen LogP contribution in [0.2, 0.25) is 0 Å². The molecule has 0 saturated heterocycles. The molecule has 0 saturated carbocycles. The third kappa shape index (κ3) is 4.38. The van der Waals surface area contributed by atoms with Crippen molar-refractivity contribution in [1.82, 2.24) is 9.97 Å². The van der Waals surface area contributed by atoms with Crippen LogP contribution in [-0.4, -0.2) is 28.8 Å². The van der Waals surface area contributed by atoms with E-state index in [1.807, 2.05) is 37.3 Å². The molecule has 0 spiro atoms. The van der Waals surface area contributed by atoms with Crippen LogP contribution in [0.5, 0.6) is 5.75 Å². The SMILES string of the molecule is COc1ccccc1NC(=O)c1ccc(C=CC(=O)c2nc3cccc(C)c3[nH]2)cc1. The Morgan fingerprint density at radius 2 is 1.77 bits per heavy atom. The van der Waals surface area contributed by atoms with Crippen molar-refractivity contribution in [1.29, 1.82) is 0 Å². The summed E-state index contributed by atoms with van der Waals surface area (Å²) >= 11 is 0. The third-order valence-electron chi connectivity index (χ3n) is 4.92. The number of benzene rings is 3. The topological polar surface area (TPSA) is 84.1 Å². The molecule has 0 radical (unpaired) electrons. The minimum atomic E-state index is -0.242. The molecule has 4 aromatic rings. The van der Waals surface area contributed by atoms with Gasteiger partial charge in [-0.2, -0.15) is 0 Å². The molecule has 0 aliphatic carbocycles. The van der Waals surface area contributed by atoms with Crippen LogP contribution >= 0.6 is 0 Å². The second-order valence-corrected chi connectivity index (χ2v) is 7.03. The van der Waals surface area contributed by atoms with Gasteiger partial charge in [0.15, 0.2) is 5.82 Å². The normalized spacial score (nSPS) is 11.0. The lowest BCUT2D eigenvalue weighted by molar-refractivity contribution is 0.102. The Hall–Kier alpha value is -4.19. The summed E-state index contributed by atoms with van der Waals surface area (Å²) < 4.78 is 5.25. The van der Waals surface area contributed by atoms with Gasteiger partial charge in [0.1, 0.15) is 5.75 Å². The number of allylic oxidation sites excluding steroid dienone is 1. The van der Waals surface area contributed by atoms with Gasteiger partial charge in [-0.15, -0.1) is 0 Å². The molecule has 6 heteroatoms. The first kappa shape index (κ1) is 20.1. The van der Waals surface area contributed by atoms with Gasteiger partial charge >= 0.3 is 0 Å². The van der Waals surface area contributed by atoms with Gasteiger partial charge in [0.2, 0.25) is 5.78 Å². The lowest BCUT2D eigenvalue weighted by Crippen LogP contribution is -2.12. The fourth-order valence-electron chi connectivity index (χ4n) is 3.23. The summed E-state index contributed by atoms with van der Waals surface area (Å²) in [5.74, 6) is 0.436. The number of ketones is 1. The van der Waals surface area contributed by atoms with Crippen LogP contribution < -0.4 is 10.1 Å². The highest BCUT2D eigenvalue weighted by Crippen LogP contribution is 2.23. The molecular weight excluding hydrogens is 390 g/mol. The van der Waals surface area contributed by atoms with Crippen molar-refractivity contribution in [3.63, 3.8) is 0 Å². The standard InChI is InChI=1S/C25H21N3O3/c1-16-6-5-8-20-23(16)28-24(26-20)21(29)15-12-17-10-13-18(14-11-17)25(30)27-19-7-3-4-9-22(19)31-2/h3-15H,1-2H3,(H,26,28)(H,27,30). The number of nitrogens with one attached hydrogen (secondary N) is 2. The highest BCUT2D eigenvalue weighted by atomic mass is 16.5. The number of imidazole rings is 1. The summed E-state index contributed by atoms with van der Waals surface area (Å²) in [6.07, 6.45) is 3.17. The summed E-state index contributed by atoms with van der Waals surface area (Å²) in [6.45, 7) is 1.97. The van der Waals surface area contributed by atoms with Crippen molar-refractivity contribution in [3.05, 3.63) is 95.3 Å². The molecule has 0 fully saturated rings. The number of anilines is 1. The lowest BCUT2D eigenvalue weighted by atomic mass is 10.1. The maximum absolute atomic E-state index is 12.5. The van der Waals surface area contributed by atoms with Crippen LogP contribution in [0.15, 0.2) is 72.8 Å². The molecule has 2 N–H and O–H groups in total. The molecule has 1 heterocycles. The van der Waals surface area contributed by atoms with Crippen LogP contribution in [0.4, 0.5) is 5.69 Å². The van der Waals surface area contributed by atoms with E-state index in [2.05, 4.69) is 15.3 Å². The Morgan fingerprint density at radius 1 is 1.00 bits per heavy atom. The molecule has 0 bridgehead atoms. The van der Waals surface area contributed by atoms with Crippen LogP contribution in [-0.2, 0) is 0 Å². The van der Waals surface area contributed by atoms with Crippen LogP contribution in [0.25, 0.3) is 17.1 Å². The fraction of sp³-hybridized carbons (Fsp3) is 0.0800. The van der Waals surface area contributed by atoms with Crippen molar-refractivity contribution in [2.75, 3.05) is 12.4 Å². The molecule has 0 unspecified atom stereocenters. The Labute approximate surface area is 179 Å². The average Bonchev–Trinajstić information content (AvgIpc) is 3.24. The highest BCUT2D eigenvalue weighted by molar-refractivity contribution is 6.06. The number of aromatic nitrogens is 2. The van der Waals surface area contributed by atoms with Gasteiger partial charge in [-0.3, -0.25) is 9.59 Å². The number of carbonyl (C=O) groups excluding carboxylic acids is 2. The van der Waals surface area contributed by atoms with Gasteiger partial charge in [0.05, 0.1) is 23.8 Å². The summed E-state index contributed by atoms with van der Waals surface area (Å²) in [6, 6.07) is 19.9. The number of para-hydroxylation sites is 3. The molecule has 0 aliphatic rings. The molecule has 154 valence electrons. The number of rotatable bonds is 6. The number of carbonyl (C=O) groups is 2. The van der Waals surface area contributed by atoms with Gasteiger partial charge < -0.3 is 15.0 Å². The number of nitrogens with zero attached hydrogens (tertiary/aromatic N) is 1. The van der Waals surface area contributed by atoms with Gasteiger partial charge in [-0.25, -0.2) is 4.98 Å². The Bertz CT molecular complexity index is 1290. The van der Waals surface area contributed by atoms with E-state index < -0.39 is 0 Å². The van der Waals surface area contributed by atoms with Gasteiger partial charge in [-0.05, 0) is 54.5 Å². The van der Waals surface area contributed by atoms with Crippen LogP contribution in [0.3, 0.4) is 0 Å². The molecule has 1 aromatic heterocycles. The molecule has 1 amide bonds. The van der Waals surface area contributed by atoms with E-state index >= 15 is 0 Å². The molecule has 0 atom stereocenters. The zero-order chi connectivity index (χ0) is 21.8. The molecular formula is C25H21N3O3. The Kier molecular flexibility index (Phi) is 5.62. The predicted octanol–water partition coefficient (Wildman–Crippen LogP) is 5.03. The number of hydrogen-bond acceptors (Lipinski definition) is 4. The van der Waals surface area contributed by atoms with E-state index in [1.54, 1.807) is 49.6 Å². The summed E-state index contributed by atoms with van der Waals surface area (Å²) in [4.78, 5) is 32.4. The third-order valence-corrected chi connectivity index (χ3v) is 4.92. The second kappa shape index (κ2) is 8.67. The lowest BCUT2D eigenvalue weighted by Gasteiger charge is -2.09. The van der Waals surface area contributed by atoms with E-state index in [1.165, 1.54) is 6.08 Å². The Morgan fingerprint density at radius 3 is 2.52 bits per heavy atom. The number of ether oxygens (including phenoxy) is 1. The maximum Gasteiger partial charge on any atom is 0.255 e. The number of hydrogen-bond donors (Lipinski definition) is 2. The molecule has 4 rings (SSSR count). The summed E-state index contributed by atoms with van der Waals surface area (Å²) in [5, 5.41) is 2.84. The Balaban J connectivity index is 1.45. The molecule has 3 aromatic carbocycles. The highest BCUT2D eigenvalue weighted by Gasteiger charge is 2.11. The van der Waals surface area contributed by atoms with E-state index in [-0.39, 0.29) is 11.7 Å². The fourth-order valence-corrected chi connectivity index (χ4v) is 3.23. The monoisotopic (exact) mass is 411 g/mol. The zero-order valence-electron chi connectivity index (χ0n) is 17.2.